The highest BCUT2D eigenvalue weighted by molar-refractivity contribution is 6.16. The van der Waals surface area contributed by atoms with E-state index in [0.29, 0.717) is 5.57 Å². The lowest BCUT2D eigenvalue weighted by Gasteiger charge is -2.38. The fourth-order valence-corrected chi connectivity index (χ4v) is 2.83. The highest BCUT2D eigenvalue weighted by Crippen LogP contribution is 2.38. The topological polar surface area (TPSA) is 37.4 Å². The Hall–Kier alpha value is -1.12. The molecule has 0 spiro atoms. The summed E-state index contributed by atoms with van der Waals surface area (Å²) in [6, 6.07) is 0.109. The molecule has 3 heteroatoms. The fourth-order valence-electron chi connectivity index (χ4n) is 2.83. The van der Waals surface area contributed by atoms with Crippen LogP contribution in [0.25, 0.3) is 0 Å². The van der Waals surface area contributed by atoms with Crippen molar-refractivity contribution in [1.82, 2.24) is 4.90 Å². The molecule has 0 radical (unpaired) electrons. The first-order valence-corrected chi connectivity index (χ1v) is 5.96. The van der Waals surface area contributed by atoms with Gasteiger partial charge >= 0.3 is 0 Å². The van der Waals surface area contributed by atoms with Gasteiger partial charge < -0.3 is 0 Å². The van der Waals surface area contributed by atoms with Crippen molar-refractivity contribution in [2.24, 2.45) is 5.41 Å². The Kier molecular flexibility index (Phi) is 2.64. The summed E-state index contributed by atoms with van der Waals surface area (Å²) in [5.41, 5.74) is 0.827. The third-order valence-electron chi connectivity index (χ3n) is 3.68. The zero-order chi connectivity index (χ0) is 11.9. The van der Waals surface area contributed by atoms with E-state index in [1.54, 1.807) is 6.92 Å². The first-order chi connectivity index (χ1) is 7.41. The molecule has 0 N–H and O–H groups in total. The molecule has 2 aliphatic rings. The van der Waals surface area contributed by atoms with Gasteiger partial charge in [-0.05, 0) is 31.6 Å². The van der Waals surface area contributed by atoms with Gasteiger partial charge in [0.25, 0.3) is 11.8 Å². The monoisotopic (exact) mass is 221 g/mol. The summed E-state index contributed by atoms with van der Waals surface area (Å²) in [4.78, 5) is 25.1. The van der Waals surface area contributed by atoms with E-state index >= 15 is 0 Å². The number of carbonyl (C=O) groups excluding carboxylic acids is 2. The molecule has 1 atom stereocenters. The molecule has 0 aromatic rings. The molecule has 0 bridgehead atoms. The van der Waals surface area contributed by atoms with Gasteiger partial charge in [0, 0.05) is 17.7 Å². The van der Waals surface area contributed by atoms with E-state index in [1.165, 1.54) is 17.4 Å². The van der Waals surface area contributed by atoms with Crippen LogP contribution in [0, 0.1) is 5.41 Å². The van der Waals surface area contributed by atoms with Crippen LogP contribution in [0.15, 0.2) is 11.6 Å². The molecule has 0 saturated heterocycles. The molecule has 88 valence electrons. The predicted octanol–water partition coefficient (Wildman–Crippen LogP) is 2.27. The Morgan fingerprint density at radius 1 is 1.38 bits per heavy atom. The Bertz CT molecular complexity index is 368. The predicted molar refractivity (Wildman–Crippen MR) is 61.6 cm³/mol. The van der Waals surface area contributed by atoms with Crippen molar-refractivity contribution >= 4 is 11.8 Å². The fraction of sp³-hybridized carbons (Fsp3) is 0.692. The Balaban J connectivity index is 2.15. The minimum atomic E-state index is -0.120. The smallest absolute Gasteiger partial charge is 0.256 e. The van der Waals surface area contributed by atoms with Gasteiger partial charge in [0.05, 0.1) is 0 Å². The van der Waals surface area contributed by atoms with Gasteiger partial charge in [0.2, 0.25) is 0 Å². The van der Waals surface area contributed by atoms with Crippen LogP contribution in [0.1, 0.15) is 46.5 Å². The standard InChI is InChI=1S/C13H19NO2/c1-9-7-11(15)14(12(9)16)10-5-4-6-13(2,3)8-10/h7,10H,4-6,8H2,1-3H3. The van der Waals surface area contributed by atoms with Gasteiger partial charge in [-0.1, -0.05) is 20.3 Å². The second-order valence-electron chi connectivity index (χ2n) is 5.76. The molecule has 0 aromatic carbocycles. The van der Waals surface area contributed by atoms with Crippen molar-refractivity contribution in [3.63, 3.8) is 0 Å². The lowest BCUT2D eigenvalue weighted by atomic mass is 9.74. The van der Waals surface area contributed by atoms with E-state index < -0.39 is 0 Å². The normalized spacial score (nSPS) is 29.6. The van der Waals surface area contributed by atoms with Crippen molar-refractivity contribution in [3.05, 3.63) is 11.6 Å². The van der Waals surface area contributed by atoms with Crippen molar-refractivity contribution in [1.29, 1.82) is 0 Å². The molecule has 0 aromatic heterocycles. The second kappa shape index (κ2) is 3.72. The highest BCUT2D eigenvalue weighted by Gasteiger charge is 2.39. The SMILES string of the molecule is CC1=CC(=O)N(C2CCCC(C)(C)C2)C1=O. The average Bonchev–Trinajstić information content (AvgIpc) is 2.39. The molecular weight excluding hydrogens is 202 g/mol. The Morgan fingerprint density at radius 3 is 2.56 bits per heavy atom. The maximum absolute atomic E-state index is 11.9. The van der Waals surface area contributed by atoms with Crippen LogP contribution in [-0.4, -0.2) is 22.8 Å². The minimum Gasteiger partial charge on any atom is -0.272 e. The first kappa shape index (κ1) is 11.4. The van der Waals surface area contributed by atoms with E-state index in [4.69, 9.17) is 0 Å². The van der Waals surface area contributed by atoms with E-state index in [0.717, 1.165) is 19.3 Å². The molecule has 1 saturated carbocycles. The molecule has 1 heterocycles. The summed E-state index contributed by atoms with van der Waals surface area (Å²) in [7, 11) is 0. The molecule has 2 amide bonds. The number of rotatable bonds is 1. The van der Waals surface area contributed by atoms with Gasteiger partial charge in [-0.3, -0.25) is 14.5 Å². The van der Waals surface area contributed by atoms with Gasteiger partial charge in [-0.25, -0.2) is 0 Å². The quantitative estimate of drug-likeness (QED) is 0.637. The largest absolute Gasteiger partial charge is 0.272 e. The van der Waals surface area contributed by atoms with Crippen LogP contribution in [0.4, 0.5) is 0 Å². The van der Waals surface area contributed by atoms with E-state index in [1.807, 2.05) is 0 Å². The maximum atomic E-state index is 11.9. The zero-order valence-corrected chi connectivity index (χ0v) is 10.2. The summed E-state index contributed by atoms with van der Waals surface area (Å²) in [6.45, 7) is 6.14. The number of carbonyl (C=O) groups is 2. The molecule has 16 heavy (non-hydrogen) atoms. The minimum absolute atomic E-state index is 0.0901. The molecule has 1 unspecified atom stereocenters. The number of hydrogen-bond donors (Lipinski definition) is 0. The van der Waals surface area contributed by atoms with Crippen LogP contribution in [-0.2, 0) is 9.59 Å². The van der Waals surface area contributed by atoms with Gasteiger partial charge in [0.15, 0.2) is 0 Å². The number of imide groups is 1. The first-order valence-electron chi connectivity index (χ1n) is 5.96. The van der Waals surface area contributed by atoms with Crippen LogP contribution in [0.3, 0.4) is 0 Å². The summed E-state index contributed by atoms with van der Waals surface area (Å²) in [6.07, 6.45) is 5.65. The molecular formula is C13H19NO2. The van der Waals surface area contributed by atoms with Crippen molar-refractivity contribution in [2.45, 2.75) is 52.5 Å². The van der Waals surface area contributed by atoms with Crippen molar-refractivity contribution in [3.8, 4) is 0 Å². The van der Waals surface area contributed by atoms with E-state index in [-0.39, 0.29) is 23.3 Å². The van der Waals surface area contributed by atoms with Crippen LogP contribution in [0.5, 0.6) is 0 Å². The number of hydrogen-bond acceptors (Lipinski definition) is 2. The van der Waals surface area contributed by atoms with Crippen molar-refractivity contribution < 1.29 is 9.59 Å². The maximum Gasteiger partial charge on any atom is 0.256 e. The molecule has 1 fully saturated rings. The molecule has 1 aliphatic carbocycles. The summed E-state index contributed by atoms with van der Waals surface area (Å²) in [5, 5.41) is 0. The van der Waals surface area contributed by atoms with Gasteiger partial charge in [-0.15, -0.1) is 0 Å². The number of nitrogens with zero attached hydrogens (tertiary/aromatic N) is 1. The highest BCUT2D eigenvalue weighted by atomic mass is 16.2. The summed E-state index contributed by atoms with van der Waals surface area (Å²) in [5.74, 6) is -0.210. The molecule has 3 nitrogen and oxygen atoms in total. The summed E-state index contributed by atoms with van der Waals surface area (Å²) >= 11 is 0. The molecule has 1 aliphatic heterocycles. The van der Waals surface area contributed by atoms with Crippen LogP contribution >= 0.6 is 0 Å². The van der Waals surface area contributed by atoms with Crippen LogP contribution < -0.4 is 0 Å². The average molecular weight is 221 g/mol. The second-order valence-corrected chi connectivity index (χ2v) is 5.76. The number of amides is 2. The lowest BCUT2D eigenvalue weighted by Crippen LogP contribution is -2.44. The third-order valence-corrected chi connectivity index (χ3v) is 3.68. The van der Waals surface area contributed by atoms with E-state index in [2.05, 4.69) is 13.8 Å². The third kappa shape index (κ3) is 1.91. The van der Waals surface area contributed by atoms with Crippen LogP contribution in [0.2, 0.25) is 0 Å². The molecule has 2 rings (SSSR count). The van der Waals surface area contributed by atoms with E-state index in [9.17, 15) is 9.59 Å². The van der Waals surface area contributed by atoms with Gasteiger partial charge in [0.1, 0.15) is 0 Å². The lowest BCUT2D eigenvalue weighted by molar-refractivity contribution is -0.141. The van der Waals surface area contributed by atoms with Gasteiger partial charge in [-0.2, -0.15) is 0 Å². The zero-order valence-electron chi connectivity index (χ0n) is 10.2. The Morgan fingerprint density at radius 2 is 2.06 bits per heavy atom. The Labute approximate surface area is 96.5 Å². The summed E-state index contributed by atoms with van der Waals surface area (Å²) < 4.78 is 0. The van der Waals surface area contributed by atoms with Crippen molar-refractivity contribution in [2.75, 3.05) is 0 Å².